The number of methoxy groups -OCH3 is 1. The summed E-state index contributed by atoms with van der Waals surface area (Å²) >= 11 is 1.67. The molecule has 1 heterocycles. The maximum absolute atomic E-state index is 12.2. The number of nitrogens with zero attached hydrogens (tertiary/aromatic N) is 1. The molecule has 3 rings (SSSR count). The van der Waals surface area contributed by atoms with E-state index >= 15 is 0 Å². The van der Waals surface area contributed by atoms with E-state index in [1.165, 1.54) is 0 Å². The number of carbonyl (C=O) groups excluding carboxylic acids is 1. The highest BCUT2D eigenvalue weighted by Gasteiger charge is 2.07. The van der Waals surface area contributed by atoms with Crippen molar-refractivity contribution in [2.75, 3.05) is 12.4 Å². The van der Waals surface area contributed by atoms with Crippen LogP contribution in [-0.4, -0.2) is 18.0 Å². The summed E-state index contributed by atoms with van der Waals surface area (Å²) in [6.07, 6.45) is 0.945. The number of ether oxygens (including phenoxy) is 1. The number of hydrogen-bond donors (Lipinski definition) is 1. The normalized spacial score (nSPS) is 10.4. The monoisotopic (exact) mass is 338 g/mol. The lowest BCUT2D eigenvalue weighted by Crippen LogP contribution is -2.11. The van der Waals surface area contributed by atoms with Gasteiger partial charge in [-0.25, -0.2) is 4.98 Å². The Hall–Kier alpha value is -2.66. The predicted molar refractivity (Wildman–Crippen MR) is 97.9 cm³/mol. The van der Waals surface area contributed by atoms with Crippen LogP contribution in [0.1, 0.15) is 22.3 Å². The van der Waals surface area contributed by atoms with Crippen molar-refractivity contribution in [2.45, 2.75) is 13.3 Å². The molecule has 0 atom stereocenters. The van der Waals surface area contributed by atoms with Crippen molar-refractivity contribution in [2.24, 2.45) is 0 Å². The molecule has 4 nitrogen and oxygen atoms in total. The summed E-state index contributed by atoms with van der Waals surface area (Å²) in [6.45, 7) is 2.10. The third-order valence-electron chi connectivity index (χ3n) is 3.64. The van der Waals surface area contributed by atoms with E-state index in [2.05, 4.69) is 22.6 Å². The lowest BCUT2D eigenvalue weighted by Gasteiger charge is -2.07. The number of benzene rings is 2. The van der Waals surface area contributed by atoms with Gasteiger partial charge in [0.1, 0.15) is 5.75 Å². The number of aryl methyl sites for hydroxylation is 1. The van der Waals surface area contributed by atoms with Gasteiger partial charge in [-0.1, -0.05) is 19.1 Å². The molecule has 1 N–H and O–H groups in total. The molecule has 0 aliphatic rings. The molecule has 2 aromatic carbocycles. The second kappa shape index (κ2) is 7.27. The lowest BCUT2D eigenvalue weighted by atomic mass is 10.1. The summed E-state index contributed by atoms with van der Waals surface area (Å²) in [5, 5.41) is 6.08. The van der Waals surface area contributed by atoms with Gasteiger partial charge in [0.15, 0.2) is 0 Å². The van der Waals surface area contributed by atoms with Gasteiger partial charge in [0.25, 0.3) is 5.91 Å². The highest BCUT2D eigenvalue weighted by Crippen LogP contribution is 2.24. The fourth-order valence-corrected chi connectivity index (χ4v) is 3.03. The zero-order chi connectivity index (χ0) is 16.9. The average molecular weight is 338 g/mol. The minimum absolute atomic E-state index is 0.146. The lowest BCUT2D eigenvalue weighted by molar-refractivity contribution is 0.102. The zero-order valence-electron chi connectivity index (χ0n) is 13.6. The highest BCUT2D eigenvalue weighted by atomic mass is 32.1. The Labute approximate surface area is 145 Å². The Balaban J connectivity index is 1.70. The molecule has 0 bridgehead atoms. The predicted octanol–water partition coefficient (Wildman–Crippen LogP) is 4.63. The average Bonchev–Trinajstić information content (AvgIpc) is 3.11. The van der Waals surface area contributed by atoms with E-state index in [9.17, 15) is 4.79 Å². The largest absolute Gasteiger partial charge is 0.497 e. The molecular weight excluding hydrogens is 320 g/mol. The molecule has 0 saturated carbocycles. The molecule has 3 aromatic rings. The van der Waals surface area contributed by atoms with Crippen molar-refractivity contribution in [1.82, 2.24) is 4.98 Å². The minimum Gasteiger partial charge on any atom is -0.497 e. The van der Waals surface area contributed by atoms with Crippen LogP contribution in [0.5, 0.6) is 5.75 Å². The maximum atomic E-state index is 12.2. The van der Waals surface area contributed by atoms with E-state index in [0.29, 0.717) is 5.56 Å². The van der Waals surface area contributed by atoms with Crippen molar-refractivity contribution in [3.8, 4) is 17.0 Å². The number of rotatable bonds is 5. The van der Waals surface area contributed by atoms with Crippen LogP contribution in [0.3, 0.4) is 0 Å². The van der Waals surface area contributed by atoms with Gasteiger partial charge in [0.05, 0.1) is 17.8 Å². The first-order chi connectivity index (χ1) is 11.7. The Kier molecular flexibility index (Phi) is 4.91. The molecule has 0 spiro atoms. The summed E-state index contributed by atoms with van der Waals surface area (Å²) in [7, 11) is 1.60. The van der Waals surface area contributed by atoms with Gasteiger partial charge in [-0.3, -0.25) is 4.79 Å². The SMILES string of the molecule is CCc1nc(-c2ccc(NC(=O)c3ccc(OC)cc3)cc2)cs1. The molecule has 1 amide bonds. The van der Waals surface area contributed by atoms with Crippen LogP contribution in [-0.2, 0) is 6.42 Å². The summed E-state index contributed by atoms with van der Waals surface area (Å²) in [4.78, 5) is 16.8. The van der Waals surface area contributed by atoms with E-state index in [1.807, 2.05) is 24.3 Å². The number of aromatic nitrogens is 1. The van der Waals surface area contributed by atoms with Crippen LogP contribution in [0.15, 0.2) is 53.9 Å². The Morgan fingerprint density at radius 3 is 2.42 bits per heavy atom. The first-order valence-electron chi connectivity index (χ1n) is 7.70. The molecule has 122 valence electrons. The van der Waals surface area contributed by atoms with E-state index in [4.69, 9.17) is 4.74 Å². The van der Waals surface area contributed by atoms with Crippen LogP contribution >= 0.6 is 11.3 Å². The molecule has 0 fully saturated rings. The molecule has 24 heavy (non-hydrogen) atoms. The minimum atomic E-state index is -0.146. The van der Waals surface area contributed by atoms with E-state index < -0.39 is 0 Å². The number of thiazole rings is 1. The molecule has 1 aromatic heterocycles. The maximum Gasteiger partial charge on any atom is 0.255 e. The van der Waals surface area contributed by atoms with Crippen molar-refractivity contribution in [1.29, 1.82) is 0 Å². The van der Waals surface area contributed by atoms with Gasteiger partial charge in [-0.2, -0.15) is 0 Å². The first-order valence-corrected chi connectivity index (χ1v) is 8.58. The smallest absolute Gasteiger partial charge is 0.255 e. The van der Waals surface area contributed by atoms with Crippen molar-refractivity contribution >= 4 is 22.9 Å². The number of carbonyl (C=O) groups is 1. The fourth-order valence-electron chi connectivity index (χ4n) is 2.28. The molecular formula is C19H18N2O2S. The van der Waals surface area contributed by atoms with E-state index in [0.717, 1.165) is 34.1 Å². The number of amides is 1. The molecule has 0 aliphatic carbocycles. The fraction of sp³-hybridized carbons (Fsp3) is 0.158. The quantitative estimate of drug-likeness (QED) is 0.738. The second-order valence-corrected chi connectivity index (χ2v) is 6.18. The number of hydrogen-bond acceptors (Lipinski definition) is 4. The van der Waals surface area contributed by atoms with Gasteiger partial charge in [-0.15, -0.1) is 11.3 Å². The Bertz CT molecular complexity index is 823. The third-order valence-corrected chi connectivity index (χ3v) is 4.64. The van der Waals surface area contributed by atoms with Gasteiger partial charge in [0.2, 0.25) is 0 Å². The standard InChI is InChI=1S/C19H18N2O2S/c1-3-18-21-17(12-24-18)13-4-8-15(9-5-13)20-19(22)14-6-10-16(23-2)11-7-14/h4-12H,3H2,1-2H3,(H,20,22). The molecule has 5 heteroatoms. The van der Waals surface area contributed by atoms with Crippen LogP contribution in [0.2, 0.25) is 0 Å². The van der Waals surface area contributed by atoms with Crippen molar-refractivity contribution in [3.05, 3.63) is 64.5 Å². The number of nitrogens with one attached hydrogen (secondary N) is 1. The summed E-state index contributed by atoms with van der Waals surface area (Å²) in [6, 6.07) is 14.7. The number of anilines is 1. The molecule has 0 unspecified atom stereocenters. The third kappa shape index (κ3) is 3.63. The molecule has 0 aliphatic heterocycles. The molecule has 0 radical (unpaired) electrons. The summed E-state index contributed by atoms with van der Waals surface area (Å²) < 4.78 is 5.10. The first kappa shape index (κ1) is 16.2. The van der Waals surface area contributed by atoms with Crippen LogP contribution in [0, 0.1) is 0 Å². The van der Waals surface area contributed by atoms with Gasteiger partial charge < -0.3 is 10.1 Å². The summed E-state index contributed by atoms with van der Waals surface area (Å²) in [5.41, 5.74) is 3.37. The van der Waals surface area contributed by atoms with Crippen molar-refractivity contribution in [3.63, 3.8) is 0 Å². The van der Waals surface area contributed by atoms with Crippen LogP contribution < -0.4 is 10.1 Å². The highest BCUT2D eigenvalue weighted by molar-refractivity contribution is 7.09. The topological polar surface area (TPSA) is 51.2 Å². The van der Waals surface area contributed by atoms with Crippen LogP contribution in [0.25, 0.3) is 11.3 Å². The summed E-state index contributed by atoms with van der Waals surface area (Å²) in [5.74, 6) is 0.581. The Morgan fingerprint density at radius 2 is 1.83 bits per heavy atom. The zero-order valence-corrected chi connectivity index (χ0v) is 14.4. The van der Waals surface area contributed by atoms with Crippen LogP contribution in [0.4, 0.5) is 5.69 Å². The molecule has 0 saturated heterocycles. The second-order valence-electron chi connectivity index (χ2n) is 5.24. The van der Waals surface area contributed by atoms with Gasteiger partial charge in [-0.05, 0) is 42.8 Å². The van der Waals surface area contributed by atoms with E-state index in [-0.39, 0.29) is 5.91 Å². The van der Waals surface area contributed by atoms with Gasteiger partial charge in [0, 0.05) is 22.2 Å². The Morgan fingerprint density at radius 1 is 1.12 bits per heavy atom. The van der Waals surface area contributed by atoms with Crippen molar-refractivity contribution < 1.29 is 9.53 Å². The van der Waals surface area contributed by atoms with Gasteiger partial charge >= 0.3 is 0 Å². The van der Waals surface area contributed by atoms with E-state index in [1.54, 1.807) is 42.7 Å².